The molecule has 2 N–H and O–H groups in total. The standard InChI is InChI=1S/C46H46F6N8O4/c47-45(48,49)37-15-11-31(12-16-37)23-35-19-21-59-26-40(56-58-59)28-64-30-42(34-9-5-2-6-10-34)54-44(62)36(24-32-13-17-38(18-14-32)46(50,51)52)20-22-60-25-39(55-57-60)27-63-29-41(53-43(35)61)33-7-3-1-4-8-33/h1-18,25-26,35-36,41-42H,19-24,27-30H2,(H,53,61)(H,54,62)/t35-,36-,41+,42+/m0/s1. The molecule has 0 radical (unpaired) electrons. The van der Waals surface area contributed by atoms with Gasteiger partial charge in [0.15, 0.2) is 0 Å². The topological polar surface area (TPSA) is 138 Å². The fraction of sp³-hybridized carbons (Fsp3) is 0.348. The fourth-order valence-corrected chi connectivity index (χ4v) is 7.44. The number of alkyl halides is 6. The van der Waals surface area contributed by atoms with Crippen LogP contribution in [0, 0.1) is 11.8 Å². The largest absolute Gasteiger partial charge is 0.416 e. The second-order valence-corrected chi connectivity index (χ2v) is 15.7. The molecule has 0 spiro atoms. The van der Waals surface area contributed by atoms with Gasteiger partial charge >= 0.3 is 12.4 Å². The normalized spacial score (nSPS) is 20.2. The van der Waals surface area contributed by atoms with Crippen LogP contribution < -0.4 is 10.6 Å². The Morgan fingerprint density at radius 3 is 1.28 bits per heavy atom. The van der Waals surface area contributed by atoms with Gasteiger partial charge in [0.1, 0.15) is 11.4 Å². The number of carbonyl (C=O) groups excluding carboxylic acids is 2. The molecule has 2 aromatic heterocycles. The number of fused-ring (bicyclic) bond motifs is 4. The van der Waals surface area contributed by atoms with Crippen molar-refractivity contribution in [3.8, 4) is 0 Å². The summed E-state index contributed by atoms with van der Waals surface area (Å²) in [6, 6.07) is 26.7. The quantitative estimate of drug-likeness (QED) is 0.161. The lowest BCUT2D eigenvalue weighted by molar-refractivity contribution is -0.138. The molecule has 2 amide bonds. The predicted octanol–water partition coefficient (Wildman–Crippen LogP) is 7.87. The molecule has 6 aromatic rings. The lowest BCUT2D eigenvalue weighted by Gasteiger charge is -2.24. The Balaban J connectivity index is 1.14. The van der Waals surface area contributed by atoms with E-state index in [-0.39, 0.29) is 77.0 Å². The van der Waals surface area contributed by atoms with Crippen LogP contribution in [0.1, 0.15) is 69.7 Å². The molecular formula is C46H46F6N8O4. The first-order valence-electron chi connectivity index (χ1n) is 20.7. The molecule has 0 fully saturated rings. The number of hydrogen-bond donors (Lipinski definition) is 2. The lowest BCUT2D eigenvalue weighted by atomic mass is 9.94. The molecule has 1 aliphatic rings. The van der Waals surface area contributed by atoms with E-state index in [2.05, 4.69) is 31.3 Å². The van der Waals surface area contributed by atoms with Crippen LogP contribution in [0.4, 0.5) is 26.3 Å². The Kier molecular flexibility index (Phi) is 14.9. The van der Waals surface area contributed by atoms with E-state index in [1.165, 1.54) is 24.3 Å². The minimum absolute atomic E-state index is 0.0248. The van der Waals surface area contributed by atoms with Crippen LogP contribution in [0.25, 0.3) is 0 Å². The second kappa shape index (κ2) is 20.9. The Labute approximate surface area is 365 Å². The maximum Gasteiger partial charge on any atom is 0.416 e. The van der Waals surface area contributed by atoms with Gasteiger partial charge in [-0.15, -0.1) is 10.2 Å². The molecule has 0 saturated heterocycles. The van der Waals surface area contributed by atoms with Crippen molar-refractivity contribution in [1.29, 1.82) is 0 Å². The van der Waals surface area contributed by atoms with Gasteiger partial charge in [-0.2, -0.15) is 26.3 Å². The number of rotatable bonds is 6. The summed E-state index contributed by atoms with van der Waals surface area (Å²) in [5, 5.41) is 23.2. The summed E-state index contributed by atoms with van der Waals surface area (Å²) in [6.45, 7) is 0.627. The lowest BCUT2D eigenvalue weighted by Crippen LogP contribution is -2.37. The van der Waals surface area contributed by atoms with Crippen LogP contribution in [0.2, 0.25) is 0 Å². The summed E-state index contributed by atoms with van der Waals surface area (Å²) in [6.07, 6.45) is -4.83. The average Bonchev–Trinajstić information content (AvgIpc) is 3.95. The number of carbonyl (C=O) groups is 2. The highest BCUT2D eigenvalue weighted by atomic mass is 19.4. The molecule has 1 aliphatic heterocycles. The summed E-state index contributed by atoms with van der Waals surface area (Å²) in [5.41, 5.74) is 2.02. The van der Waals surface area contributed by atoms with Crippen molar-refractivity contribution in [2.24, 2.45) is 11.8 Å². The second-order valence-electron chi connectivity index (χ2n) is 15.7. The molecule has 18 heteroatoms. The third-order valence-corrected chi connectivity index (χ3v) is 11.0. The molecule has 0 aliphatic carbocycles. The van der Waals surface area contributed by atoms with Crippen LogP contribution >= 0.6 is 0 Å². The van der Waals surface area contributed by atoms with Crippen LogP contribution in [-0.4, -0.2) is 55.0 Å². The van der Waals surface area contributed by atoms with Crippen molar-refractivity contribution in [3.05, 3.63) is 166 Å². The molecule has 7 rings (SSSR count). The number of amides is 2. The highest BCUT2D eigenvalue weighted by Gasteiger charge is 2.32. The van der Waals surface area contributed by atoms with E-state index in [4.69, 9.17) is 9.47 Å². The number of nitrogens with zero attached hydrogens (tertiary/aromatic N) is 6. The van der Waals surface area contributed by atoms with Gasteiger partial charge in [-0.25, -0.2) is 0 Å². The van der Waals surface area contributed by atoms with Crippen LogP contribution in [0.5, 0.6) is 0 Å². The monoisotopic (exact) mass is 888 g/mol. The van der Waals surface area contributed by atoms with E-state index in [0.29, 0.717) is 22.5 Å². The van der Waals surface area contributed by atoms with Crippen molar-refractivity contribution in [2.45, 2.75) is 76.4 Å². The van der Waals surface area contributed by atoms with Crippen molar-refractivity contribution in [3.63, 3.8) is 0 Å². The van der Waals surface area contributed by atoms with Gasteiger partial charge in [0, 0.05) is 24.9 Å². The van der Waals surface area contributed by atoms with E-state index in [0.717, 1.165) is 35.4 Å². The van der Waals surface area contributed by atoms with E-state index in [1.54, 1.807) is 21.8 Å². The van der Waals surface area contributed by atoms with Crippen LogP contribution in [0.3, 0.4) is 0 Å². The number of benzene rings is 4. The number of aryl methyl sites for hydroxylation is 2. The molecule has 3 heterocycles. The maximum absolute atomic E-state index is 14.2. The van der Waals surface area contributed by atoms with E-state index >= 15 is 0 Å². The average molecular weight is 889 g/mol. The Morgan fingerprint density at radius 1 is 0.547 bits per heavy atom. The summed E-state index contributed by atoms with van der Waals surface area (Å²) in [7, 11) is 0. The number of ether oxygens (including phenoxy) is 2. The zero-order chi connectivity index (χ0) is 45.1. The molecule has 336 valence electrons. The van der Waals surface area contributed by atoms with Crippen molar-refractivity contribution >= 4 is 11.8 Å². The molecule has 0 unspecified atom stereocenters. The summed E-state index contributed by atoms with van der Waals surface area (Å²) in [5.74, 6) is -2.03. The zero-order valence-corrected chi connectivity index (χ0v) is 34.5. The summed E-state index contributed by atoms with van der Waals surface area (Å²) in [4.78, 5) is 28.3. The van der Waals surface area contributed by atoms with Gasteiger partial charge in [-0.3, -0.25) is 19.0 Å². The minimum atomic E-state index is -4.50. The molecule has 0 saturated carbocycles. The van der Waals surface area contributed by atoms with Gasteiger partial charge in [-0.05, 0) is 72.2 Å². The Bertz CT molecular complexity index is 2240. The molecule has 4 atom stereocenters. The third kappa shape index (κ3) is 12.8. The van der Waals surface area contributed by atoms with E-state index in [1.807, 2.05) is 60.7 Å². The van der Waals surface area contributed by atoms with Gasteiger partial charge < -0.3 is 20.1 Å². The summed E-state index contributed by atoms with van der Waals surface area (Å²) >= 11 is 0. The molecule has 64 heavy (non-hydrogen) atoms. The van der Waals surface area contributed by atoms with Gasteiger partial charge in [0.05, 0.1) is 62.0 Å². The highest BCUT2D eigenvalue weighted by Crippen LogP contribution is 2.31. The third-order valence-electron chi connectivity index (χ3n) is 11.0. The predicted molar refractivity (Wildman–Crippen MR) is 221 cm³/mol. The highest BCUT2D eigenvalue weighted by molar-refractivity contribution is 5.80. The number of hydrogen-bond acceptors (Lipinski definition) is 8. The minimum Gasteiger partial charge on any atom is -0.373 e. The van der Waals surface area contributed by atoms with Crippen molar-refractivity contribution < 1.29 is 45.4 Å². The maximum atomic E-state index is 14.2. The van der Waals surface area contributed by atoms with Gasteiger partial charge in [0.2, 0.25) is 11.8 Å². The van der Waals surface area contributed by atoms with Crippen molar-refractivity contribution in [2.75, 3.05) is 13.2 Å². The molecule has 12 nitrogen and oxygen atoms in total. The zero-order valence-electron chi connectivity index (χ0n) is 34.5. The molecule has 4 aromatic carbocycles. The van der Waals surface area contributed by atoms with Crippen molar-refractivity contribution in [1.82, 2.24) is 40.6 Å². The van der Waals surface area contributed by atoms with E-state index in [9.17, 15) is 35.9 Å². The van der Waals surface area contributed by atoms with Gasteiger partial charge in [0.25, 0.3) is 0 Å². The molecule has 4 bridgehead atoms. The first-order chi connectivity index (χ1) is 30.8. The fourth-order valence-electron chi connectivity index (χ4n) is 7.44. The number of halogens is 6. The first kappa shape index (κ1) is 45.6. The Morgan fingerprint density at radius 2 is 0.922 bits per heavy atom. The number of nitrogens with one attached hydrogen (secondary N) is 2. The number of aromatic nitrogens is 6. The Hall–Kier alpha value is -6.40. The van der Waals surface area contributed by atoms with Crippen LogP contribution in [-0.2, 0) is 70.6 Å². The smallest absolute Gasteiger partial charge is 0.373 e. The van der Waals surface area contributed by atoms with Crippen LogP contribution in [0.15, 0.2) is 122 Å². The summed E-state index contributed by atoms with van der Waals surface area (Å²) < 4.78 is 95.5. The van der Waals surface area contributed by atoms with Gasteiger partial charge in [-0.1, -0.05) is 95.4 Å². The van der Waals surface area contributed by atoms with E-state index < -0.39 is 47.4 Å². The first-order valence-corrected chi connectivity index (χ1v) is 20.7. The molecular weight excluding hydrogens is 843 g/mol. The SMILES string of the molecule is O=C1N[C@@H](c2ccccc2)COCc2cn(nn2)CC[C@@H](Cc2ccc(C(F)(F)F)cc2)C(=O)N[C@@H](c2ccccc2)COCc2cn(nn2)CC[C@H]1Cc1ccc(C(F)(F)F)cc1.